The molecule has 0 saturated carbocycles. The maximum atomic E-state index is 11.4. The normalized spacial score (nSPS) is 11.2. The molecule has 0 amide bonds. The number of hydrogen-bond donors (Lipinski definition) is 2. The fraction of sp³-hybridized carbons (Fsp3) is 0.842. The third-order valence-electron chi connectivity index (χ3n) is 4.58. The second kappa shape index (κ2) is 13.3. The lowest BCUT2D eigenvalue weighted by Gasteiger charge is -2.04. The second-order valence-corrected chi connectivity index (χ2v) is 6.70. The van der Waals surface area contributed by atoms with Crippen molar-refractivity contribution < 1.29 is 5.11 Å². The van der Waals surface area contributed by atoms with Gasteiger partial charge < -0.3 is 10.1 Å². The molecule has 4 nitrogen and oxygen atoms in total. The van der Waals surface area contributed by atoms with Crippen molar-refractivity contribution >= 4 is 0 Å². The quantitative estimate of drug-likeness (QED) is 0.426. The molecule has 0 bridgehead atoms. The number of imidazole rings is 1. The molecule has 1 aromatic heterocycles. The van der Waals surface area contributed by atoms with E-state index in [0.29, 0.717) is 6.54 Å². The number of aromatic amines is 1. The summed E-state index contributed by atoms with van der Waals surface area (Å²) >= 11 is 0. The summed E-state index contributed by atoms with van der Waals surface area (Å²) in [6.45, 7) is 2.89. The molecule has 1 heterocycles. The molecule has 0 radical (unpaired) electrons. The topological polar surface area (TPSA) is 58.0 Å². The SMILES string of the molecule is CCCCCCCCCCCCCCCCn1c(O)c[nH]c1=O. The van der Waals surface area contributed by atoms with Crippen molar-refractivity contribution in [1.82, 2.24) is 9.55 Å². The van der Waals surface area contributed by atoms with E-state index in [2.05, 4.69) is 11.9 Å². The number of hydrogen-bond acceptors (Lipinski definition) is 2. The van der Waals surface area contributed by atoms with Gasteiger partial charge in [0.05, 0.1) is 6.20 Å². The first kappa shape index (κ1) is 19.9. The Morgan fingerprint density at radius 3 is 1.65 bits per heavy atom. The zero-order valence-corrected chi connectivity index (χ0v) is 15.0. The molecule has 0 atom stereocenters. The Hall–Kier alpha value is -1.19. The summed E-state index contributed by atoms with van der Waals surface area (Å²) in [6, 6.07) is 0. The minimum Gasteiger partial charge on any atom is -0.493 e. The van der Waals surface area contributed by atoms with Gasteiger partial charge in [0.1, 0.15) is 0 Å². The van der Waals surface area contributed by atoms with E-state index in [1.54, 1.807) is 0 Å². The van der Waals surface area contributed by atoms with E-state index in [9.17, 15) is 9.90 Å². The van der Waals surface area contributed by atoms with Gasteiger partial charge in [-0.15, -0.1) is 0 Å². The molecule has 23 heavy (non-hydrogen) atoms. The van der Waals surface area contributed by atoms with Crippen LogP contribution in [0.4, 0.5) is 0 Å². The lowest BCUT2D eigenvalue weighted by Crippen LogP contribution is -2.16. The van der Waals surface area contributed by atoms with Gasteiger partial charge in [-0.2, -0.15) is 0 Å². The van der Waals surface area contributed by atoms with E-state index in [0.717, 1.165) is 12.8 Å². The van der Waals surface area contributed by atoms with E-state index in [4.69, 9.17) is 0 Å². The van der Waals surface area contributed by atoms with Gasteiger partial charge in [0.15, 0.2) is 0 Å². The van der Waals surface area contributed by atoms with Crippen LogP contribution in [0.1, 0.15) is 96.8 Å². The van der Waals surface area contributed by atoms with Crippen LogP contribution >= 0.6 is 0 Å². The van der Waals surface area contributed by atoms with Gasteiger partial charge in [-0.25, -0.2) is 4.79 Å². The van der Waals surface area contributed by atoms with Crippen molar-refractivity contribution in [3.05, 3.63) is 16.7 Å². The van der Waals surface area contributed by atoms with Gasteiger partial charge in [-0.1, -0.05) is 90.4 Å². The summed E-state index contributed by atoms with van der Waals surface area (Å²) in [7, 11) is 0. The molecule has 0 fully saturated rings. The molecule has 0 spiro atoms. The number of aromatic hydroxyl groups is 1. The van der Waals surface area contributed by atoms with Crippen LogP contribution in [0.2, 0.25) is 0 Å². The van der Waals surface area contributed by atoms with E-state index < -0.39 is 0 Å². The van der Waals surface area contributed by atoms with Gasteiger partial charge in [-0.3, -0.25) is 4.57 Å². The molecule has 1 rings (SSSR count). The summed E-state index contributed by atoms with van der Waals surface area (Å²) in [5.41, 5.74) is -0.211. The highest BCUT2D eigenvalue weighted by atomic mass is 16.3. The largest absolute Gasteiger partial charge is 0.493 e. The van der Waals surface area contributed by atoms with Crippen LogP contribution in [-0.4, -0.2) is 14.7 Å². The zero-order chi connectivity index (χ0) is 16.8. The van der Waals surface area contributed by atoms with Crippen molar-refractivity contribution in [3.8, 4) is 5.88 Å². The maximum absolute atomic E-state index is 11.4. The van der Waals surface area contributed by atoms with Gasteiger partial charge in [0.2, 0.25) is 5.88 Å². The molecule has 0 aromatic carbocycles. The van der Waals surface area contributed by atoms with Gasteiger partial charge in [0.25, 0.3) is 0 Å². The molecule has 0 saturated heterocycles. The van der Waals surface area contributed by atoms with Crippen LogP contribution in [0.25, 0.3) is 0 Å². The Kier molecular flexibility index (Phi) is 11.5. The Balaban J connectivity index is 1.81. The van der Waals surface area contributed by atoms with Crippen molar-refractivity contribution in [2.45, 2.75) is 103 Å². The highest BCUT2D eigenvalue weighted by molar-refractivity contribution is 5.02. The second-order valence-electron chi connectivity index (χ2n) is 6.70. The highest BCUT2D eigenvalue weighted by Crippen LogP contribution is 2.13. The Morgan fingerprint density at radius 2 is 1.26 bits per heavy atom. The van der Waals surface area contributed by atoms with Crippen LogP contribution in [0, 0.1) is 0 Å². The third kappa shape index (κ3) is 9.52. The fourth-order valence-corrected chi connectivity index (χ4v) is 3.07. The Morgan fingerprint density at radius 1 is 0.826 bits per heavy atom. The van der Waals surface area contributed by atoms with Gasteiger partial charge >= 0.3 is 5.69 Å². The lowest BCUT2D eigenvalue weighted by molar-refractivity contribution is 0.405. The average molecular weight is 325 g/mol. The molecule has 4 heteroatoms. The number of nitrogens with one attached hydrogen (secondary N) is 1. The lowest BCUT2D eigenvalue weighted by atomic mass is 10.0. The summed E-state index contributed by atoms with van der Waals surface area (Å²) in [6.07, 6.45) is 19.9. The molecule has 0 aliphatic carbocycles. The van der Waals surface area contributed by atoms with Crippen LogP contribution < -0.4 is 5.69 Å². The fourth-order valence-electron chi connectivity index (χ4n) is 3.07. The number of unbranched alkanes of at least 4 members (excludes halogenated alkanes) is 13. The molecule has 0 aliphatic heterocycles. The Labute approximate surface area is 141 Å². The van der Waals surface area contributed by atoms with E-state index >= 15 is 0 Å². The monoisotopic (exact) mass is 324 g/mol. The molecular formula is C19H36N2O2. The first-order valence-electron chi connectivity index (χ1n) is 9.73. The van der Waals surface area contributed by atoms with Crippen LogP contribution in [0.15, 0.2) is 11.0 Å². The van der Waals surface area contributed by atoms with Crippen molar-refractivity contribution in [3.63, 3.8) is 0 Å². The van der Waals surface area contributed by atoms with E-state index in [1.165, 1.54) is 87.8 Å². The first-order chi connectivity index (χ1) is 11.3. The Bertz CT molecular complexity index is 437. The molecule has 2 N–H and O–H groups in total. The molecule has 0 aliphatic rings. The summed E-state index contributed by atoms with van der Waals surface area (Å²) in [5, 5.41) is 9.47. The van der Waals surface area contributed by atoms with Crippen LogP contribution in [0.5, 0.6) is 5.88 Å². The number of nitrogens with zero attached hydrogens (tertiary/aromatic N) is 1. The standard InChI is InChI=1S/C19H36N2O2/c1-2-3-4-5-6-7-8-9-10-11-12-13-14-15-16-21-18(22)17-20-19(21)23/h17,22H,2-16H2,1H3,(H,20,23). The van der Waals surface area contributed by atoms with E-state index in [-0.39, 0.29) is 11.6 Å². The summed E-state index contributed by atoms with van der Waals surface area (Å²) < 4.78 is 1.40. The number of H-pyrrole nitrogens is 1. The minimum atomic E-state index is -0.211. The molecule has 0 unspecified atom stereocenters. The summed E-state index contributed by atoms with van der Waals surface area (Å²) in [4.78, 5) is 13.8. The summed E-state index contributed by atoms with van der Waals surface area (Å²) in [5.74, 6) is 0.0460. The number of rotatable bonds is 15. The molecular weight excluding hydrogens is 288 g/mol. The molecule has 1 aromatic rings. The average Bonchev–Trinajstić information content (AvgIpc) is 2.86. The zero-order valence-electron chi connectivity index (χ0n) is 15.0. The van der Waals surface area contributed by atoms with Gasteiger partial charge in [-0.05, 0) is 6.42 Å². The minimum absolute atomic E-state index is 0.0460. The first-order valence-corrected chi connectivity index (χ1v) is 9.73. The third-order valence-corrected chi connectivity index (χ3v) is 4.58. The van der Waals surface area contributed by atoms with Crippen molar-refractivity contribution in [1.29, 1.82) is 0 Å². The van der Waals surface area contributed by atoms with Crippen LogP contribution in [0.3, 0.4) is 0 Å². The predicted molar refractivity (Wildman–Crippen MR) is 97.0 cm³/mol. The van der Waals surface area contributed by atoms with Crippen molar-refractivity contribution in [2.24, 2.45) is 0 Å². The smallest absolute Gasteiger partial charge is 0.328 e. The van der Waals surface area contributed by atoms with E-state index in [1.807, 2.05) is 0 Å². The maximum Gasteiger partial charge on any atom is 0.328 e. The predicted octanol–water partition coefficient (Wildman–Crippen LogP) is 5.36. The number of aromatic nitrogens is 2. The van der Waals surface area contributed by atoms with Crippen molar-refractivity contribution in [2.75, 3.05) is 0 Å². The molecule has 134 valence electrons. The highest BCUT2D eigenvalue weighted by Gasteiger charge is 2.03. The van der Waals surface area contributed by atoms with Crippen LogP contribution in [-0.2, 0) is 6.54 Å². The van der Waals surface area contributed by atoms with Gasteiger partial charge in [0, 0.05) is 6.54 Å².